The highest BCUT2D eigenvalue weighted by molar-refractivity contribution is 5.91. The van der Waals surface area contributed by atoms with Crippen LogP contribution in [-0.2, 0) is 10.2 Å². The van der Waals surface area contributed by atoms with Crippen LogP contribution < -0.4 is 0 Å². The van der Waals surface area contributed by atoms with Gasteiger partial charge >= 0.3 is 0 Å². The molecule has 1 unspecified atom stereocenters. The van der Waals surface area contributed by atoms with E-state index in [0.29, 0.717) is 11.9 Å². The van der Waals surface area contributed by atoms with Crippen molar-refractivity contribution in [2.75, 3.05) is 13.1 Å². The molecular weight excluding hydrogens is 298 g/mol. The molecule has 24 heavy (non-hydrogen) atoms. The Kier molecular flexibility index (Phi) is 3.70. The van der Waals surface area contributed by atoms with Crippen molar-refractivity contribution in [3.05, 3.63) is 53.6 Å². The first-order valence-corrected chi connectivity index (χ1v) is 8.97. The predicted molar refractivity (Wildman–Crippen MR) is 93.9 cm³/mol. The zero-order valence-electron chi connectivity index (χ0n) is 14.5. The van der Waals surface area contributed by atoms with Gasteiger partial charge in [0.1, 0.15) is 5.82 Å². The molecule has 1 saturated carbocycles. The number of rotatable bonds is 3. The number of carbonyl (C=O) groups excluding carboxylic acids is 1. The maximum Gasteiger partial charge on any atom is 0.233 e. The van der Waals surface area contributed by atoms with Gasteiger partial charge < -0.3 is 9.47 Å². The number of nitrogens with zero attached hydrogens (tertiary/aromatic N) is 3. The highest BCUT2D eigenvalue weighted by Gasteiger charge is 2.53. The molecule has 0 spiro atoms. The van der Waals surface area contributed by atoms with E-state index in [1.807, 2.05) is 24.4 Å². The largest absolute Gasteiger partial charge is 0.340 e. The maximum absolute atomic E-state index is 13.3. The normalized spacial score (nSPS) is 22.4. The van der Waals surface area contributed by atoms with E-state index >= 15 is 0 Å². The Morgan fingerprint density at radius 2 is 1.96 bits per heavy atom. The van der Waals surface area contributed by atoms with Crippen LogP contribution in [0.5, 0.6) is 0 Å². The number of aryl methyl sites for hydroxylation is 2. The minimum Gasteiger partial charge on any atom is -0.340 e. The van der Waals surface area contributed by atoms with Gasteiger partial charge in [0.25, 0.3) is 0 Å². The Labute approximate surface area is 143 Å². The molecule has 126 valence electrons. The summed E-state index contributed by atoms with van der Waals surface area (Å²) in [6, 6.07) is 10.7. The van der Waals surface area contributed by atoms with E-state index in [1.54, 1.807) is 0 Å². The van der Waals surface area contributed by atoms with Crippen LogP contribution in [0.3, 0.4) is 0 Å². The van der Waals surface area contributed by atoms with Gasteiger partial charge in [0.05, 0.1) is 11.5 Å². The van der Waals surface area contributed by atoms with E-state index in [9.17, 15) is 4.79 Å². The summed E-state index contributed by atoms with van der Waals surface area (Å²) in [7, 11) is 0. The predicted octanol–water partition coefficient (Wildman–Crippen LogP) is 3.40. The average Bonchev–Trinajstić information content (AvgIpc) is 3.36. The topological polar surface area (TPSA) is 38.1 Å². The van der Waals surface area contributed by atoms with Crippen molar-refractivity contribution in [2.45, 2.75) is 51.0 Å². The first-order chi connectivity index (χ1) is 11.6. The zero-order chi connectivity index (χ0) is 16.7. The third-order valence-electron chi connectivity index (χ3n) is 5.70. The van der Waals surface area contributed by atoms with Crippen molar-refractivity contribution in [1.82, 2.24) is 14.5 Å². The minimum atomic E-state index is -0.248. The van der Waals surface area contributed by atoms with Gasteiger partial charge in [-0.1, -0.05) is 30.3 Å². The summed E-state index contributed by atoms with van der Waals surface area (Å²) < 4.78 is 2.31. The van der Waals surface area contributed by atoms with Crippen molar-refractivity contribution in [3.8, 4) is 0 Å². The smallest absolute Gasteiger partial charge is 0.233 e. The van der Waals surface area contributed by atoms with Crippen molar-refractivity contribution < 1.29 is 4.79 Å². The lowest BCUT2D eigenvalue weighted by Gasteiger charge is -2.36. The molecule has 4 rings (SSSR count). The van der Waals surface area contributed by atoms with Gasteiger partial charge in [-0.3, -0.25) is 4.79 Å². The van der Waals surface area contributed by atoms with Crippen LogP contribution in [0.1, 0.15) is 48.8 Å². The molecule has 2 aliphatic rings. The second-order valence-corrected chi connectivity index (χ2v) is 7.31. The number of amides is 1. The summed E-state index contributed by atoms with van der Waals surface area (Å²) in [6.45, 7) is 5.86. The molecular formula is C20H25N3O. The molecule has 4 nitrogen and oxygen atoms in total. The molecule has 1 amide bonds. The summed E-state index contributed by atoms with van der Waals surface area (Å²) in [5.74, 6) is 1.38. The fourth-order valence-corrected chi connectivity index (χ4v) is 4.28. The third-order valence-corrected chi connectivity index (χ3v) is 5.70. The van der Waals surface area contributed by atoms with Crippen molar-refractivity contribution in [1.29, 1.82) is 0 Å². The van der Waals surface area contributed by atoms with Crippen molar-refractivity contribution in [3.63, 3.8) is 0 Å². The Morgan fingerprint density at radius 1 is 1.21 bits per heavy atom. The SMILES string of the molecule is Cc1cnc(C)n1C1CCCN(C(=O)C2(c3ccccc3)CC2)C1. The van der Waals surface area contributed by atoms with Crippen LogP contribution in [0.4, 0.5) is 0 Å². The quantitative estimate of drug-likeness (QED) is 0.868. The van der Waals surface area contributed by atoms with E-state index < -0.39 is 0 Å². The van der Waals surface area contributed by atoms with E-state index in [0.717, 1.165) is 44.6 Å². The minimum absolute atomic E-state index is 0.248. The maximum atomic E-state index is 13.3. The van der Waals surface area contributed by atoms with Gasteiger partial charge in [-0.15, -0.1) is 0 Å². The Bertz CT molecular complexity index is 726. The highest BCUT2D eigenvalue weighted by atomic mass is 16.2. The average molecular weight is 323 g/mol. The van der Waals surface area contributed by atoms with E-state index in [4.69, 9.17) is 0 Å². The molecule has 2 aromatic rings. The Hall–Kier alpha value is -2.10. The molecule has 0 bridgehead atoms. The summed E-state index contributed by atoms with van der Waals surface area (Å²) in [5.41, 5.74) is 2.13. The number of imidazole rings is 1. The van der Waals surface area contributed by atoms with Gasteiger partial charge in [0, 0.05) is 25.0 Å². The second kappa shape index (κ2) is 5.76. The first kappa shape index (κ1) is 15.4. The molecule has 1 aliphatic heterocycles. The lowest BCUT2D eigenvalue weighted by Crippen LogP contribution is -2.45. The number of benzene rings is 1. The number of carbonyl (C=O) groups is 1. The lowest BCUT2D eigenvalue weighted by atomic mass is 9.93. The molecule has 1 atom stereocenters. The van der Waals surface area contributed by atoms with E-state index in [-0.39, 0.29) is 5.41 Å². The number of likely N-dealkylation sites (tertiary alicyclic amines) is 1. The van der Waals surface area contributed by atoms with Crippen LogP contribution in [0, 0.1) is 13.8 Å². The molecule has 1 aromatic heterocycles. The molecule has 1 aliphatic carbocycles. The standard InChI is InChI=1S/C20H25N3O/c1-15-13-21-16(2)23(15)18-9-6-12-22(14-18)19(24)20(10-11-20)17-7-4-3-5-8-17/h3-5,7-8,13,18H,6,9-12,14H2,1-2H3. The Morgan fingerprint density at radius 3 is 2.58 bits per heavy atom. The molecule has 1 saturated heterocycles. The number of aromatic nitrogens is 2. The molecule has 0 N–H and O–H groups in total. The van der Waals surface area contributed by atoms with Crippen LogP contribution >= 0.6 is 0 Å². The second-order valence-electron chi connectivity index (χ2n) is 7.31. The number of piperidine rings is 1. The monoisotopic (exact) mass is 323 g/mol. The van der Waals surface area contributed by atoms with Crippen molar-refractivity contribution in [2.24, 2.45) is 0 Å². The van der Waals surface area contributed by atoms with Gasteiger partial charge in [0.2, 0.25) is 5.91 Å². The summed E-state index contributed by atoms with van der Waals surface area (Å²) in [4.78, 5) is 19.8. The number of hydrogen-bond donors (Lipinski definition) is 0. The molecule has 0 radical (unpaired) electrons. The highest BCUT2D eigenvalue weighted by Crippen LogP contribution is 2.50. The molecule has 2 heterocycles. The summed E-state index contributed by atoms with van der Waals surface area (Å²) in [6.07, 6.45) is 6.10. The lowest BCUT2D eigenvalue weighted by molar-refractivity contribution is -0.135. The van der Waals surface area contributed by atoms with Gasteiger partial charge in [-0.2, -0.15) is 0 Å². The Balaban J connectivity index is 1.56. The van der Waals surface area contributed by atoms with Gasteiger partial charge in [-0.25, -0.2) is 4.98 Å². The van der Waals surface area contributed by atoms with E-state index in [2.05, 4.69) is 40.4 Å². The van der Waals surface area contributed by atoms with Crippen LogP contribution in [0.15, 0.2) is 36.5 Å². The summed E-state index contributed by atoms with van der Waals surface area (Å²) >= 11 is 0. The third kappa shape index (κ3) is 2.45. The molecule has 4 heteroatoms. The fraction of sp³-hybridized carbons (Fsp3) is 0.500. The molecule has 2 fully saturated rings. The van der Waals surface area contributed by atoms with E-state index in [1.165, 1.54) is 11.3 Å². The fourth-order valence-electron chi connectivity index (χ4n) is 4.28. The van der Waals surface area contributed by atoms with Crippen LogP contribution in [0.2, 0.25) is 0 Å². The van der Waals surface area contributed by atoms with Crippen molar-refractivity contribution >= 4 is 5.91 Å². The van der Waals surface area contributed by atoms with Crippen LogP contribution in [-0.4, -0.2) is 33.4 Å². The summed E-state index contributed by atoms with van der Waals surface area (Å²) in [5, 5.41) is 0. The van der Waals surface area contributed by atoms with Gasteiger partial charge in [0.15, 0.2) is 0 Å². The molecule has 1 aromatic carbocycles. The first-order valence-electron chi connectivity index (χ1n) is 8.97. The van der Waals surface area contributed by atoms with Crippen LogP contribution in [0.25, 0.3) is 0 Å². The number of hydrogen-bond acceptors (Lipinski definition) is 2. The van der Waals surface area contributed by atoms with Gasteiger partial charge in [-0.05, 0) is 45.1 Å². The zero-order valence-corrected chi connectivity index (χ0v) is 14.5.